The van der Waals surface area contributed by atoms with Gasteiger partial charge in [0.05, 0.1) is 17.1 Å². The lowest BCUT2D eigenvalue weighted by Gasteiger charge is -2.35. The highest BCUT2D eigenvalue weighted by molar-refractivity contribution is 7.92. The summed E-state index contributed by atoms with van der Waals surface area (Å²) < 4.78 is 37.4. The highest BCUT2D eigenvalue weighted by Gasteiger charge is 2.43. The standard InChI is InChI=1S/C21H27N3O5S/c1-28-18-6-3-7-19(29-2)20(18)30(26,27)17-10-8-16(9-11-17)24-21(25)23-14-15-5-4-12-22-13-15/h4-5,8-13,18-20H,3,6-7,14H2,1-2H3,(H2,23,24,25). The van der Waals surface area contributed by atoms with Crippen molar-refractivity contribution in [3.63, 3.8) is 0 Å². The summed E-state index contributed by atoms with van der Waals surface area (Å²) in [5, 5.41) is 4.66. The van der Waals surface area contributed by atoms with E-state index in [1.807, 2.05) is 6.07 Å². The molecule has 0 saturated heterocycles. The molecule has 0 spiro atoms. The van der Waals surface area contributed by atoms with Crippen LogP contribution in [0.1, 0.15) is 24.8 Å². The molecule has 1 aliphatic carbocycles. The van der Waals surface area contributed by atoms with Crippen LogP contribution in [0.3, 0.4) is 0 Å². The van der Waals surface area contributed by atoms with Gasteiger partial charge in [0.25, 0.3) is 0 Å². The van der Waals surface area contributed by atoms with Gasteiger partial charge in [-0.05, 0) is 55.2 Å². The maximum absolute atomic E-state index is 13.3. The molecule has 2 unspecified atom stereocenters. The van der Waals surface area contributed by atoms with Crippen molar-refractivity contribution in [2.24, 2.45) is 0 Å². The zero-order valence-electron chi connectivity index (χ0n) is 17.1. The first-order valence-electron chi connectivity index (χ1n) is 9.79. The number of aromatic nitrogens is 1. The van der Waals surface area contributed by atoms with Gasteiger partial charge < -0.3 is 20.1 Å². The molecule has 1 aromatic carbocycles. The minimum Gasteiger partial charge on any atom is -0.380 e. The van der Waals surface area contributed by atoms with Gasteiger partial charge in [-0.25, -0.2) is 13.2 Å². The number of nitrogens with zero attached hydrogens (tertiary/aromatic N) is 1. The van der Waals surface area contributed by atoms with Gasteiger partial charge in [0.2, 0.25) is 0 Å². The van der Waals surface area contributed by atoms with Crippen LogP contribution in [-0.2, 0) is 25.9 Å². The molecular weight excluding hydrogens is 406 g/mol. The summed E-state index contributed by atoms with van der Waals surface area (Å²) in [5.74, 6) is 0. The van der Waals surface area contributed by atoms with Crippen LogP contribution in [0.5, 0.6) is 0 Å². The van der Waals surface area contributed by atoms with Crippen molar-refractivity contribution in [3.05, 3.63) is 54.4 Å². The summed E-state index contributed by atoms with van der Waals surface area (Å²) in [4.78, 5) is 16.3. The number of carbonyl (C=O) groups is 1. The second-order valence-electron chi connectivity index (χ2n) is 7.18. The fraction of sp³-hybridized carbons (Fsp3) is 0.429. The lowest BCUT2D eigenvalue weighted by Crippen LogP contribution is -2.48. The molecule has 2 aromatic rings. The van der Waals surface area contributed by atoms with E-state index in [4.69, 9.17) is 9.47 Å². The topological polar surface area (TPSA) is 107 Å². The molecule has 1 saturated carbocycles. The molecule has 3 rings (SSSR count). The quantitative estimate of drug-likeness (QED) is 0.695. The van der Waals surface area contributed by atoms with Crippen LogP contribution < -0.4 is 10.6 Å². The molecule has 30 heavy (non-hydrogen) atoms. The molecule has 1 heterocycles. The summed E-state index contributed by atoms with van der Waals surface area (Å²) in [5.41, 5.74) is 1.37. The van der Waals surface area contributed by atoms with E-state index in [0.717, 1.165) is 12.0 Å². The second kappa shape index (κ2) is 10.0. The lowest BCUT2D eigenvalue weighted by atomic mass is 9.94. The van der Waals surface area contributed by atoms with Gasteiger partial charge in [-0.15, -0.1) is 0 Å². The third-order valence-electron chi connectivity index (χ3n) is 5.29. The number of nitrogens with one attached hydrogen (secondary N) is 2. The molecule has 9 heteroatoms. The van der Waals surface area contributed by atoms with E-state index in [2.05, 4.69) is 15.6 Å². The highest BCUT2D eigenvalue weighted by atomic mass is 32.2. The van der Waals surface area contributed by atoms with Crippen LogP contribution in [0, 0.1) is 0 Å². The number of benzene rings is 1. The van der Waals surface area contributed by atoms with E-state index >= 15 is 0 Å². The number of anilines is 1. The van der Waals surface area contributed by atoms with Gasteiger partial charge in [-0.3, -0.25) is 4.98 Å². The molecule has 1 fully saturated rings. The fourth-order valence-corrected chi connectivity index (χ4v) is 5.86. The molecule has 2 N–H and O–H groups in total. The Morgan fingerprint density at radius 3 is 2.33 bits per heavy atom. The molecular formula is C21H27N3O5S. The molecule has 1 aromatic heterocycles. The van der Waals surface area contributed by atoms with Gasteiger partial charge in [0.1, 0.15) is 5.25 Å². The van der Waals surface area contributed by atoms with E-state index in [9.17, 15) is 13.2 Å². The Morgan fingerprint density at radius 1 is 1.10 bits per heavy atom. The second-order valence-corrected chi connectivity index (χ2v) is 9.29. The van der Waals surface area contributed by atoms with Crippen molar-refractivity contribution in [3.8, 4) is 0 Å². The van der Waals surface area contributed by atoms with Crippen molar-refractivity contribution in [1.29, 1.82) is 0 Å². The molecule has 8 nitrogen and oxygen atoms in total. The van der Waals surface area contributed by atoms with E-state index in [1.54, 1.807) is 30.6 Å². The Labute approximate surface area is 176 Å². The van der Waals surface area contributed by atoms with E-state index < -0.39 is 27.3 Å². The van der Waals surface area contributed by atoms with Crippen molar-refractivity contribution in [2.75, 3.05) is 19.5 Å². The summed E-state index contributed by atoms with van der Waals surface area (Å²) in [7, 11) is -0.601. The van der Waals surface area contributed by atoms with Crippen LogP contribution in [-0.4, -0.2) is 51.1 Å². The predicted molar refractivity (Wildman–Crippen MR) is 113 cm³/mol. The van der Waals surface area contributed by atoms with Gasteiger partial charge in [-0.1, -0.05) is 6.07 Å². The molecule has 0 aliphatic heterocycles. The largest absolute Gasteiger partial charge is 0.380 e. The van der Waals surface area contributed by atoms with Crippen molar-refractivity contribution < 1.29 is 22.7 Å². The summed E-state index contributed by atoms with van der Waals surface area (Å²) >= 11 is 0. The van der Waals surface area contributed by atoms with Gasteiger partial charge in [0.15, 0.2) is 9.84 Å². The van der Waals surface area contributed by atoms with E-state index in [-0.39, 0.29) is 10.9 Å². The Bertz CT molecular complexity index is 923. The maximum atomic E-state index is 13.3. The van der Waals surface area contributed by atoms with Gasteiger partial charge in [-0.2, -0.15) is 0 Å². The summed E-state index contributed by atoms with van der Waals surface area (Å²) in [6.45, 7) is 0.338. The van der Waals surface area contributed by atoms with Gasteiger partial charge >= 0.3 is 6.03 Å². The zero-order chi connectivity index (χ0) is 21.6. The minimum absolute atomic E-state index is 0.180. The first-order valence-corrected chi connectivity index (χ1v) is 11.3. The number of carbonyl (C=O) groups excluding carboxylic acids is 1. The van der Waals surface area contributed by atoms with Crippen molar-refractivity contribution >= 4 is 21.6 Å². The van der Waals surface area contributed by atoms with Crippen LogP contribution in [0.15, 0.2) is 53.7 Å². The molecule has 2 amide bonds. The first-order chi connectivity index (χ1) is 14.5. The summed E-state index contributed by atoms with van der Waals surface area (Å²) in [6, 6.07) is 9.41. The third kappa shape index (κ3) is 5.16. The van der Waals surface area contributed by atoms with Crippen molar-refractivity contribution in [2.45, 2.75) is 48.2 Å². The number of methoxy groups -OCH3 is 2. The molecule has 2 atom stereocenters. The number of ether oxygens (including phenoxy) is 2. The number of hydrogen-bond donors (Lipinski definition) is 2. The monoisotopic (exact) mass is 433 g/mol. The number of sulfone groups is 1. The molecule has 1 aliphatic rings. The van der Waals surface area contributed by atoms with E-state index in [0.29, 0.717) is 25.1 Å². The fourth-order valence-electron chi connectivity index (χ4n) is 3.74. The normalized spacial score (nSPS) is 21.7. The van der Waals surface area contributed by atoms with Crippen LogP contribution in [0.2, 0.25) is 0 Å². The summed E-state index contributed by atoms with van der Waals surface area (Å²) in [6.07, 6.45) is 4.73. The number of urea groups is 1. The van der Waals surface area contributed by atoms with Crippen molar-refractivity contribution in [1.82, 2.24) is 10.3 Å². The molecule has 0 bridgehead atoms. The van der Waals surface area contributed by atoms with Gasteiger partial charge in [0, 0.05) is 38.8 Å². The first kappa shape index (κ1) is 22.2. The average Bonchev–Trinajstić information content (AvgIpc) is 2.78. The van der Waals surface area contributed by atoms with Crippen LogP contribution in [0.4, 0.5) is 10.5 Å². The third-order valence-corrected chi connectivity index (χ3v) is 7.54. The van der Waals surface area contributed by atoms with E-state index in [1.165, 1.54) is 26.4 Å². The Morgan fingerprint density at radius 2 is 1.77 bits per heavy atom. The average molecular weight is 434 g/mol. The number of hydrogen-bond acceptors (Lipinski definition) is 6. The highest BCUT2D eigenvalue weighted by Crippen LogP contribution is 2.32. The van der Waals surface area contributed by atoms with Crippen LogP contribution >= 0.6 is 0 Å². The lowest BCUT2D eigenvalue weighted by molar-refractivity contribution is -0.00508. The Balaban J connectivity index is 1.67. The number of amides is 2. The predicted octanol–water partition coefficient (Wildman–Crippen LogP) is 2.76. The number of pyridine rings is 1. The molecule has 162 valence electrons. The van der Waals surface area contributed by atoms with Crippen LogP contribution in [0.25, 0.3) is 0 Å². The SMILES string of the molecule is COC1CCCC(OC)C1S(=O)(=O)c1ccc(NC(=O)NCc2cccnc2)cc1. The minimum atomic E-state index is -3.66. The zero-order valence-corrected chi connectivity index (χ0v) is 17.9. The Hall–Kier alpha value is -2.49. The molecule has 0 radical (unpaired) electrons. The number of rotatable bonds is 7. The maximum Gasteiger partial charge on any atom is 0.319 e. The smallest absolute Gasteiger partial charge is 0.319 e. The Kier molecular flexibility index (Phi) is 7.41.